The fourth-order valence-electron chi connectivity index (χ4n) is 2.91. The van der Waals surface area contributed by atoms with Crippen LogP contribution in [0, 0.1) is 0 Å². The summed E-state index contributed by atoms with van der Waals surface area (Å²) in [5.41, 5.74) is 0. The summed E-state index contributed by atoms with van der Waals surface area (Å²) in [7, 11) is 1.95. The predicted molar refractivity (Wildman–Crippen MR) is 73.6 cm³/mol. The summed E-state index contributed by atoms with van der Waals surface area (Å²) in [5.74, 6) is 0.288. The zero-order valence-electron chi connectivity index (χ0n) is 11.7. The van der Waals surface area contributed by atoms with Crippen molar-refractivity contribution in [2.24, 2.45) is 0 Å². The first-order chi connectivity index (χ1) is 8.77. The predicted octanol–water partition coefficient (Wildman–Crippen LogP) is 1.07. The Hall–Kier alpha value is -0.610. The molecule has 1 N–H and O–H groups in total. The minimum Gasteiger partial charge on any atom is -0.343 e. The number of carbonyl (C=O) groups is 1. The zero-order valence-corrected chi connectivity index (χ0v) is 11.7. The van der Waals surface area contributed by atoms with Gasteiger partial charge in [-0.1, -0.05) is 12.8 Å². The van der Waals surface area contributed by atoms with Crippen molar-refractivity contribution >= 4 is 5.91 Å². The van der Waals surface area contributed by atoms with Gasteiger partial charge in [0, 0.05) is 20.1 Å². The molecule has 1 amide bonds. The quantitative estimate of drug-likeness (QED) is 0.814. The molecule has 0 aromatic carbocycles. The summed E-state index contributed by atoms with van der Waals surface area (Å²) in [6.45, 7) is 5.33. The molecule has 2 aliphatic rings. The molecule has 2 rings (SSSR count). The molecule has 4 heteroatoms. The van der Waals surface area contributed by atoms with E-state index in [-0.39, 0.29) is 11.9 Å². The van der Waals surface area contributed by atoms with Gasteiger partial charge in [0.05, 0.1) is 6.04 Å². The van der Waals surface area contributed by atoms with Crippen LogP contribution < -0.4 is 5.32 Å². The Kier molecular flexibility index (Phi) is 5.45. The lowest BCUT2D eigenvalue weighted by Gasteiger charge is -2.25. The zero-order chi connectivity index (χ0) is 12.8. The summed E-state index contributed by atoms with van der Waals surface area (Å²) in [5, 5.41) is 3.39. The van der Waals surface area contributed by atoms with Crippen LogP contribution in [0.25, 0.3) is 0 Å². The van der Waals surface area contributed by atoms with Gasteiger partial charge in [-0.25, -0.2) is 0 Å². The third kappa shape index (κ3) is 3.95. The van der Waals surface area contributed by atoms with Gasteiger partial charge in [0.2, 0.25) is 5.91 Å². The Morgan fingerprint density at radius 2 is 2.00 bits per heavy atom. The monoisotopic (exact) mass is 253 g/mol. The number of amides is 1. The summed E-state index contributed by atoms with van der Waals surface area (Å²) in [6, 6.07) is 0.0658. The van der Waals surface area contributed by atoms with E-state index >= 15 is 0 Å². The second-order valence-corrected chi connectivity index (χ2v) is 5.66. The molecule has 0 saturated carbocycles. The molecule has 104 valence electrons. The lowest BCUT2D eigenvalue weighted by molar-refractivity contribution is -0.132. The molecule has 2 fully saturated rings. The molecule has 0 aromatic rings. The molecule has 18 heavy (non-hydrogen) atoms. The molecule has 0 aromatic heterocycles. The summed E-state index contributed by atoms with van der Waals surface area (Å²) in [4.78, 5) is 16.7. The van der Waals surface area contributed by atoms with Crippen LogP contribution in [0.2, 0.25) is 0 Å². The van der Waals surface area contributed by atoms with Crippen molar-refractivity contribution in [1.29, 1.82) is 0 Å². The first-order valence-corrected chi connectivity index (χ1v) is 7.48. The Morgan fingerprint density at radius 3 is 2.78 bits per heavy atom. The van der Waals surface area contributed by atoms with E-state index in [0.717, 1.165) is 26.1 Å². The van der Waals surface area contributed by atoms with Crippen molar-refractivity contribution in [2.45, 2.75) is 44.6 Å². The van der Waals surface area contributed by atoms with E-state index in [2.05, 4.69) is 10.2 Å². The summed E-state index contributed by atoms with van der Waals surface area (Å²) >= 11 is 0. The maximum Gasteiger partial charge on any atom is 0.239 e. The average Bonchev–Trinajstić information content (AvgIpc) is 2.75. The SMILES string of the molecule is CN(CCN1CCCC1)C(=O)C1CCCCCN1. The second kappa shape index (κ2) is 7.10. The molecular formula is C14H27N3O. The highest BCUT2D eigenvalue weighted by molar-refractivity contribution is 5.81. The molecule has 1 atom stereocenters. The minimum absolute atomic E-state index is 0.0658. The number of nitrogens with one attached hydrogen (secondary N) is 1. The third-order valence-electron chi connectivity index (χ3n) is 4.18. The topological polar surface area (TPSA) is 35.6 Å². The number of likely N-dealkylation sites (tertiary alicyclic amines) is 1. The Bertz CT molecular complexity index is 256. The molecule has 0 spiro atoms. The molecule has 2 aliphatic heterocycles. The van der Waals surface area contributed by atoms with Crippen LogP contribution in [-0.4, -0.2) is 61.5 Å². The smallest absolute Gasteiger partial charge is 0.239 e. The average molecular weight is 253 g/mol. The Labute approximate surface area is 111 Å². The molecule has 1 unspecified atom stereocenters. The third-order valence-corrected chi connectivity index (χ3v) is 4.18. The Morgan fingerprint density at radius 1 is 1.22 bits per heavy atom. The van der Waals surface area contributed by atoms with Gasteiger partial charge in [-0.15, -0.1) is 0 Å². The van der Waals surface area contributed by atoms with Crippen LogP contribution in [0.1, 0.15) is 38.5 Å². The Balaban J connectivity index is 1.72. The van der Waals surface area contributed by atoms with Gasteiger partial charge in [-0.05, 0) is 45.3 Å². The van der Waals surface area contributed by atoms with E-state index in [1.807, 2.05) is 11.9 Å². The van der Waals surface area contributed by atoms with E-state index in [0.29, 0.717) is 0 Å². The fraction of sp³-hybridized carbons (Fsp3) is 0.929. The van der Waals surface area contributed by atoms with Gasteiger partial charge in [0.1, 0.15) is 0 Å². The largest absolute Gasteiger partial charge is 0.343 e. The number of carbonyl (C=O) groups excluding carboxylic acids is 1. The van der Waals surface area contributed by atoms with Crippen molar-refractivity contribution in [1.82, 2.24) is 15.1 Å². The molecule has 0 radical (unpaired) electrons. The number of hydrogen-bond donors (Lipinski definition) is 1. The number of hydrogen-bond acceptors (Lipinski definition) is 3. The lowest BCUT2D eigenvalue weighted by Crippen LogP contribution is -2.46. The highest BCUT2D eigenvalue weighted by Gasteiger charge is 2.23. The van der Waals surface area contributed by atoms with E-state index in [1.165, 1.54) is 45.2 Å². The van der Waals surface area contributed by atoms with Crippen molar-refractivity contribution in [3.05, 3.63) is 0 Å². The first kappa shape index (κ1) is 13.8. The van der Waals surface area contributed by atoms with Crippen molar-refractivity contribution in [3.63, 3.8) is 0 Å². The van der Waals surface area contributed by atoms with Crippen LogP contribution in [0.4, 0.5) is 0 Å². The molecule has 4 nitrogen and oxygen atoms in total. The van der Waals surface area contributed by atoms with Crippen molar-refractivity contribution in [2.75, 3.05) is 39.8 Å². The minimum atomic E-state index is 0.0658. The normalized spacial score (nSPS) is 25.9. The van der Waals surface area contributed by atoms with Gasteiger partial charge in [0.15, 0.2) is 0 Å². The number of rotatable bonds is 4. The van der Waals surface area contributed by atoms with Gasteiger partial charge >= 0.3 is 0 Å². The number of likely N-dealkylation sites (N-methyl/N-ethyl adjacent to an activating group) is 1. The molecule has 2 heterocycles. The summed E-state index contributed by atoms with van der Waals surface area (Å²) in [6.07, 6.45) is 7.30. The van der Waals surface area contributed by atoms with Gasteiger partial charge in [-0.2, -0.15) is 0 Å². The van der Waals surface area contributed by atoms with Crippen LogP contribution in [0.15, 0.2) is 0 Å². The molecular weight excluding hydrogens is 226 g/mol. The van der Waals surface area contributed by atoms with Crippen LogP contribution in [0.5, 0.6) is 0 Å². The van der Waals surface area contributed by atoms with E-state index < -0.39 is 0 Å². The number of nitrogens with zero attached hydrogens (tertiary/aromatic N) is 2. The van der Waals surface area contributed by atoms with Gasteiger partial charge in [0.25, 0.3) is 0 Å². The molecule has 2 saturated heterocycles. The standard InChI is InChI=1S/C14H27N3O/c1-16(11-12-17-9-5-6-10-17)14(18)13-7-3-2-4-8-15-13/h13,15H,2-12H2,1H3. The lowest BCUT2D eigenvalue weighted by atomic mass is 10.1. The van der Waals surface area contributed by atoms with Crippen molar-refractivity contribution < 1.29 is 4.79 Å². The van der Waals surface area contributed by atoms with Crippen molar-refractivity contribution in [3.8, 4) is 0 Å². The van der Waals surface area contributed by atoms with E-state index in [4.69, 9.17) is 0 Å². The van der Waals surface area contributed by atoms with Crippen LogP contribution in [0.3, 0.4) is 0 Å². The maximum absolute atomic E-state index is 12.3. The van der Waals surface area contributed by atoms with Gasteiger partial charge in [-0.3, -0.25) is 4.79 Å². The summed E-state index contributed by atoms with van der Waals surface area (Å²) < 4.78 is 0. The highest BCUT2D eigenvalue weighted by Crippen LogP contribution is 2.11. The molecule has 0 bridgehead atoms. The first-order valence-electron chi connectivity index (χ1n) is 7.48. The fourth-order valence-corrected chi connectivity index (χ4v) is 2.91. The van der Waals surface area contributed by atoms with Gasteiger partial charge < -0.3 is 15.1 Å². The van der Waals surface area contributed by atoms with Crippen LogP contribution in [-0.2, 0) is 4.79 Å². The second-order valence-electron chi connectivity index (χ2n) is 5.66. The maximum atomic E-state index is 12.3. The van der Waals surface area contributed by atoms with E-state index in [1.54, 1.807) is 0 Å². The highest BCUT2D eigenvalue weighted by atomic mass is 16.2. The van der Waals surface area contributed by atoms with E-state index in [9.17, 15) is 4.79 Å². The molecule has 0 aliphatic carbocycles. The van der Waals surface area contributed by atoms with Crippen LogP contribution >= 0.6 is 0 Å².